The van der Waals surface area contributed by atoms with Crippen LogP contribution in [0.4, 0.5) is 5.69 Å². The molecule has 0 aliphatic carbocycles. The summed E-state index contributed by atoms with van der Waals surface area (Å²) in [4.78, 5) is 0. The van der Waals surface area contributed by atoms with Crippen LogP contribution < -0.4 is 24.8 Å². The van der Waals surface area contributed by atoms with Crippen molar-refractivity contribution in [2.24, 2.45) is 0 Å². The number of hydrogen-bond acceptors (Lipinski definition) is 5. The summed E-state index contributed by atoms with van der Waals surface area (Å²) in [6.45, 7) is 0.844. The van der Waals surface area contributed by atoms with E-state index in [-0.39, 0.29) is 0 Å². The molecule has 1 aromatic rings. The van der Waals surface area contributed by atoms with Crippen molar-refractivity contribution in [2.75, 3.05) is 45.2 Å². The molecule has 1 rings (SSSR count). The lowest BCUT2D eigenvalue weighted by molar-refractivity contribution is 0.324. The molecule has 0 aromatic heterocycles. The van der Waals surface area contributed by atoms with E-state index < -0.39 is 0 Å². The number of thioether (sulfide) groups is 1. The fourth-order valence-corrected chi connectivity index (χ4v) is 2.40. The van der Waals surface area contributed by atoms with Crippen molar-refractivity contribution < 1.29 is 14.2 Å². The first-order valence-corrected chi connectivity index (χ1v) is 8.30. The molecule has 0 aliphatic heterocycles. The lowest BCUT2D eigenvalue weighted by atomic mass is 10.2. The molecule has 0 spiro atoms. The quantitative estimate of drug-likeness (QED) is 0.561. The minimum atomic E-state index is 0.560. The van der Waals surface area contributed by atoms with E-state index in [9.17, 15) is 0 Å². The SMILES string of the molecule is COc1cc(NC(=S)NCCCSC)cc(OC)c1OC. The Labute approximate surface area is 135 Å². The topological polar surface area (TPSA) is 51.8 Å². The molecule has 0 atom stereocenters. The molecule has 0 aliphatic rings. The number of methoxy groups -OCH3 is 3. The van der Waals surface area contributed by atoms with Crippen molar-refractivity contribution in [1.82, 2.24) is 5.32 Å². The normalized spacial score (nSPS) is 9.90. The van der Waals surface area contributed by atoms with Gasteiger partial charge in [-0.25, -0.2) is 0 Å². The maximum Gasteiger partial charge on any atom is 0.203 e. The van der Waals surface area contributed by atoms with Gasteiger partial charge in [0.2, 0.25) is 5.75 Å². The molecular weight excluding hydrogens is 308 g/mol. The zero-order valence-corrected chi connectivity index (χ0v) is 14.5. The molecule has 0 saturated carbocycles. The second-order valence-electron chi connectivity index (χ2n) is 4.14. The lowest BCUT2D eigenvalue weighted by Gasteiger charge is -2.16. The highest BCUT2D eigenvalue weighted by Gasteiger charge is 2.13. The summed E-state index contributed by atoms with van der Waals surface area (Å²) in [6.07, 6.45) is 3.16. The van der Waals surface area contributed by atoms with Crippen molar-refractivity contribution in [3.8, 4) is 17.2 Å². The van der Waals surface area contributed by atoms with Gasteiger partial charge in [-0.15, -0.1) is 0 Å². The standard InChI is InChI=1S/C14H22N2O3S2/c1-17-11-8-10(9-12(18-2)13(11)19-3)16-14(20)15-6-5-7-21-4/h8-9H,5-7H2,1-4H3,(H2,15,16,20). The average molecular weight is 330 g/mol. The maximum atomic E-state index is 5.30. The van der Waals surface area contributed by atoms with E-state index in [1.54, 1.807) is 21.3 Å². The van der Waals surface area contributed by atoms with Gasteiger partial charge in [-0.1, -0.05) is 0 Å². The fraction of sp³-hybridized carbons (Fsp3) is 0.500. The molecule has 1 aromatic carbocycles. The first-order chi connectivity index (χ1) is 10.2. The summed E-state index contributed by atoms with van der Waals surface area (Å²) in [5.41, 5.74) is 0.784. The Hall–Kier alpha value is -1.34. The van der Waals surface area contributed by atoms with Crippen molar-refractivity contribution in [3.05, 3.63) is 12.1 Å². The zero-order valence-electron chi connectivity index (χ0n) is 12.8. The van der Waals surface area contributed by atoms with Gasteiger partial charge in [-0.05, 0) is 30.6 Å². The number of thiocarbonyl (C=S) groups is 1. The van der Waals surface area contributed by atoms with Gasteiger partial charge in [0.25, 0.3) is 0 Å². The van der Waals surface area contributed by atoms with Crippen LogP contribution in [0.25, 0.3) is 0 Å². The summed E-state index contributed by atoms with van der Waals surface area (Å²) < 4.78 is 15.9. The number of nitrogens with one attached hydrogen (secondary N) is 2. The molecule has 118 valence electrons. The van der Waals surface area contributed by atoms with Crippen LogP contribution in [-0.4, -0.2) is 45.0 Å². The molecule has 0 amide bonds. The van der Waals surface area contributed by atoms with Crippen LogP contribution in [0.5, 0.6) is 17.2 Å². The van der Waals surface area contributed by atoms with Gasteiger partial charge >= 0.3 is 0 Å². The first-order valence-electron chi connectivity index (χ1n) is 6.50. The third-order valence-electron chi connectivity index (χ3n) is 2.73. The number of anilines is 1. The smallest absolute Gasteiger partial charge is 0.203 e. The molecular formula is C14H22N2O3S2. The van der Waals surface area contributed by atoms with Gasteiger partial charge in [0.15, 0.2) is 16.6 Å². The molecule has 7 heteroatoms. The van der Waals surface area contributed by atoms with Crippen LogP contribution in [-0.2, 0) is 0 Å². The molecule has 0 saturated heterocycles. The van der Waals surface area contributed by atoms with Crippen LogP contribution in [0.1, 0.15) is 6.42 Å². The molecule has 5 nitrogen and oxygen atoms in total. The van der Waals surface area contributed by atoms with Crippen molar-refractivity contribution in [3.63, 3.8) is 0 Å². The lowest BCUT2D eigenvalue weighted by Crippen LogP contribution is -2.29. The number of ether oxygens (including phenoxy) is 3. The highest BCUT2D eigenvalue weighted by Crippen LogP contribution is 2.39. The average Bonchev–Trinajstić information content (AvgIpc) is 2.50. The summed E-state index contributed by atoms with van der Waals surface area (Å²) in [7, 11) is 4.74. The van der Waals surface area contributed by atoms with Gasteiger partial charge in [0, 0.05) is 24.4 Å². The molecule has 0 unspecified atom stereocenters. The number of benzene rings is 1. The van der Waals surface area contributed by atoms with E-state index in [0.29, 0.717) is 22.4 Å². The Kier molecular flexibility index (Phi) is 8.07. The largest absolute Gasteiger partial charge is 0.493 e. The molecule has 0 fully saturated rings. The van der Waals surface area contributed by atoms with E-state index in [2.05, 4.69) is 16.9 Å². The van der Waals surface area contributed by atoms with Gasteiger partial charge in [-0.3, -0.25) is 0 Å². The van der Waals surface area contributed by atoms with E-state index in [1.807, 2.05) is 23.9 Å². The van der Waals surface area contributed by atoms with Crippen molar-refractivity contribution in [2.45, 2.75) is 6.42 Å². The Morgan fingerprint density at radius 3 is 2.24 bits per heavy atom. The number of rotatable bonds is 8. The second kappa shape index (κ2) is 9.57. The van der Waals surface area contributed by atoms with Crippen molar-refractivity contribution in [1.29, 1.82) is 0 Å². The van der Waals surface area contributed by atoms with Gasteiger partial charge in [0.05, 0.1) is 21.3 Å². The molecule has 0 heterocycles. The van der Waals surface area contributed by atoms with Crippen molar-refractivity contribution >= 4 is 34.8 Å². The van der Waals surface area contributed by atoms with Crippen LogP contribution in [0, 0.1) is 0 Å². The molecule has 0 bridgehead atoms. The maximum absolute atomic E-state index is 5.30. The Bertz CT molecular complexity index is 445. The summed E-state index contributed by atoms with van der Waals surface area (Å²) in [6, 6.07) is 3.63. The van der Waals surface area contributed by atoms with E-state index >= 15 is 0 Å². The first kappa shape index (κ1) is 17.7. The Morgan fingerprint density at radius 1 is 1.14 bits per heavy atom. The molecule has 2 N–H and O–H groups in total. The minimum Gasteiger partial charge on any atom is -0.493 e. The predicted molar refractivity (Wildman–Crippen MR) is 93.3 cm³/mol. The highest BCUT2D eigenvalue weighted by molar-refractivity contribution is 7.98. The van der Waals surface area contributed by atoms with Crippen LogP contribution >= 0.6 is 24.0 Å². The third kappa shape index (κ3) is 5.51. The number of hydrogen-bond donors (Lipinski definition) is 2. The van der Waals surface area contributed by atoms with E-state index in [4.69, 9.17) is 26.4 Å². The van der Waals surface area contributed by atoms with Crippen LogP contribution in [0.2, 0.25) is 0 Å². The van der Waals surface area contributed by atoms with Crippen LogP contribution in [0.3, 0.4) is 0 Å². The predicted octanol–water partition coefficient (Wildman–Crippen LogP) is 2.75. The molecule has 0 radical (unpaired) electrons. The Morgan fingerprint density at radius 2 is 1.76 bits per heavy atom. The Balaban J connectivity index is 2.72. The minimum absolute atomic E-state index is 0.560. The zero-order chi connectivity index (χ0) is 15.7. The van der Waals surface area contributed by atoms with Gasteiger partial charge in [-0.2, -0.15) is 11.8 Å². The highest BCUT2D eigenvalue weighted by atomic mass is 32.2. The van der Waals surface area contributed by atoms with E-state index in [0.717, 1.165) is 24.4 Å². The third-order valence-corrected chi connectivity index (χ3v) is 3.68. The van der Waals surface area contributed by atoms with Gasteiger partial charge < -0.3 is 24.8 Å². The summed E-state index contributed by atoms with van der Waals surface area (Å²) in [5.74, 6) is 2.85. The monoisotopic (exact) mass is 330 g/mol. The van der Waals surface area contributed by atoms with Gasteiger partial charge in [0.1, 0.15) is 0 Å². The van der Waals surface area contributed by atoms with E-state index in [1.165, 1.54) is 0 Å². The summed E-state index contributed by atoms with van der Waals surface area (Å²) in [5, 5.41) is 6.86. The van der Waals surface area contributed by atoms with Crippen LogP contribution in [0.15, 0.2) is 12.1 Å². The summed E-state index contributed by atoms with van der Waals surface area (Å²) >= 11 is 7.08. The molecule has 21 heavy (non-hydrogen) atoms. The second-order valence-corrected chi connectivity index (χ2v) is 5.54. The fourth-order valence-electron chi connectivity index (χ4n) is 1.75.